The van der Waals surface area contributed by atoms with Crippen molar-refractivity contribution in [3.8, 4) is 0 Å². The first-order valence-corrected chi connectivity index (χ1v) is 9.98. The number of ketones is 1. The molecule has 3 rings (SSSR count). The van der Waals surface area contributed by atoms with Crippen molar-refractivity contribution < 1.29 is 9.59 Å². The molecule has 140 valence electrons. The van der Waals surface area contributed by atoms with Gasteiger partial charge >= 0.3 is 0 Å². The number of anilines is 1. The van der Waals surface area contributed by atoms with Crippen molar-refractivity contribution in [2.75, 3.05) is 5.32 Å². The first-order valence-electron chi connectivity index (χ1n) is 9.98. The molecule has 2 heterocycles. The van der Waals surface area contributed by atoms with Crippen molar-refractivity contribution in [2.45, 2.75) is 71.1 Å². The molecule has 0 saturated heterocycles. The summed E-state index contributed by atoms with van der Waals surface area (Å²) in [4.78, 5) is 32.6. The molecule has 1 saturated carbocycles. The summed E-state index contributed by atoms with van der Waals surface area (Å²) in [7, 11) is 0. The van der Waals surface area contributed by atoms with E-state index in [1.54, 1.807) is 18.3 Å². The molecule has 2 unspecified atom stereocenters. The monoisotopic (exact) mass is 355 g/mol. The zero-order chi connectivity index (χ0) is 18.4. The van der Waals surface area contributed by atoms with Gasteiger partial charge in [0, 0.05) is 19.3 Å². The van der Waals surface area contributed by atoms with Gasteiger partial charge in [0.1, 0.15) is 0 Å². The van der Waals surface area contributed by atoms with Gasteiger partial charge in [0.2, 0.25) is 5.91 Å². The Kier molecular flexibility index (Phi) is 6.53. The van der Waals surface area contributed by atoms with Crippen LogP contribution in [-0.2, 0) is 16.0 Å². The highest BCUT2D eigenvalue weighted by molar-refractivity contribution is 5.94. The van der Waals surface area contributed by atoms with Crippen molar-refractivity contribution >= 4 is 23.6 Å². The highest BCUT2D eigenvalue weighted by Crippen LogP contribution is 2.29. The molecule has 0 spiro atoms. The van der Waals surface area contributed by atoms with E-state index in [0.717, 1.165) is 5.69 Å². The molecular formula is C21H29N3O2. The van der Waals surface area contributed by atoms with E-state index in [4.69, 9.17) is 0 Å². The molecule has 1 aromatic heterocycles. The van der Waals surface area contributed by atoms with Gasteiger partial charge in [-0.1, -0.05) is 45.4 Å². The highest BCUT2D eigenvalue weighted by atomic mass is 16.1. The number of carbonyl (C=O) groups excluding carboxylic acids is 2. The number of nitrogens with one attached hydrogen (secondary N) is 1. The molecule has 1 aliphatic heterocycles. The van der Waals surface area contributed by atoms with Gasteiger partial charge in [-0.3, -0.25) is 9.59 Å². The molecule has 0 aromatic carbocycles. The lowest BCUT2D eigenvalue weighted by Gasteiger charge is -2.22. The molecule has 1 aliphatic carbocycles. The van der Waals surface area contributed by atoms with Crippen LogP contribution in [0.2, 0.25) is 0 Å². The normalized spacial score (nSPS) is 24.3. The summed E-state index contributed by atoms with van der Waals surface area (Å²) in [5.74, 6) is 1.82. The first-order chi connectivity index (χ1) is 12.6. The summed E-state index contributed by atoms with van der Waals surface area (Å²) in [6, 6.07) is 0. The maximum atomic E-state index is 12.5. The van der Waals surface area contributed by atoms with Crippen LogP contribution in [0.4, 0.5) is 5.82 Å². The second kappa shape index (κ2) is 9.06. The molecular weight excluding hydrogens is 326 g/mol. The largest absolute Gasteiger partial charge is 0.309 e. The van der Waals surface area contributed by atoms with E-state index < -0.39 is 0 Å². The minimum absolute atomic E-state index is 0.0191. The van der Waals surface area contributed by atoms with Gasteiger partial charge in [-0.2, -0.15) is 0 Å². The van der Waals surface area contributed by atoms with Crippen LogP contribution in [-0.4, -0.2) is 21.7 Å². The third kappa shape index (κ3) is 5.23. The number of fused-ring (bicyclic) bond motifs is 1. The van der Waals surface area contributed by atoms with E-state index >= 15 is 0 Å². The van der Waals surface area contributed by atoms with Crippen LogP contribution in [0.5, 0.6) is 0 Å². The summed E-state index contributed by atoms with van der Waals surface area (Å²) in [6.07, 6.45) is 15.6. The zero-order valence-corrected chi connectivity index (χ0v) is 15.7. The fourth-order valence-corrected chi connectivity index (χ4v) is 3.96. The van der Waals surface area contributed by atoms with E-state index in [1.165, 1.54) is 44.9 Å². The molecule has 1 fully saturated rings. The van der Waals surface area contributed by atoms with Crippen molar-refractivity contribution in [3.05, 3.63) is 23.7 Å². The average molecular weight is 355 g/mol. The minimum Gasteiger partial charge on any atom is -0.309 e. The van der Waals surface area contributed by atoms with Gasteiger partial charge in [0.15, 0.2) is 11.6 Å². The summed E-state index contributed by atoms with van der Waals surface area (Å²) >= 11 is 0. The quantitative estimate of drug-likeness (QED) is 0.816. The van der Waals surface area contributed by atoms with Crippen LogP contribution >= 0.6 is 0 Å². The van der Waals surface area contributed by atoms with Gasteiger partial charge in [-0.15, -0.1) is 0 Å². The Morgan fingerprint density at radius 1 is 1.19 bits per heavy atom. The molecule has 1 aromatic rings. The van der Waals surface area contributed by atoms with Crippen molar-refractivity contribution in [1.82, 2.24) is 9.97 Å². The van der Waals surface area contributed by atoms with Gasteiger partial charge in [-0.05, 0) is 30.4 Å². The number of rotatable bonds is 4. The Bertz CT molecular complexity index is 684. The van der Waals surface area contributed by atoms with Crippen molar-refractivity contribution in [3.63, 3.8) is 0 Å². The van der Waals surface area contributed by atoms with E-state index in [1.807, 2.05) is 0 Å². The van der Waals surface area contributed by atoms with Crippen LogP contribution in [0, 0.1) is 11.8 Å². The van der Waals surface area contributed by atoms with Crippen molar-refractivity contribution in [2.24, 2.45) is 11.8 Å². The molecule has 0 radical (unpaired) electrons. The molecule has 2 atom stereocenters. The second-order valence-corrected chi connectivity index (χ2v) is 7.72. The second-order valence-electron chi connectivity index (χ2n) is 7.72. The SMILES string of the molecule is CC1CCCCCCCC1CC(=O)C=Cc1cnc2c(n1)CCC(=O)N2. The highest BCUT2D eigenvalue weighted by Gasteiger charge is 2.20. The average Bonchev–Trinajstić information content (AvgIpc) is 2.73. The number of hydrogen-bond donors (Lipinski definition) is 1. The summed E-state index contributed by atoms with van der Waals surface area (Å²) < 4.78 is 0. The first kappa shape index (κ1) is 18.7. The molecule has 1 amide bonds. The fraction of sp³-hybridized carbons (Fsp3) is 0.619. The van der Waals surface area contributed by atoms with Gasteiger partial charge in [0.05, 0.1) is 17.6 Å². The molecule has 26 heavy (non-hydrogen) atoms. The smallest absolute Gasteiger partial charge is 0.225 e. The molecule has 2 aliphatic rings. The Morgan fingerprint density at radius 3 is 2.81 bits per heavy atom. The maximum Gasteiger partial charge on any atom is 0.225 e. The number of nitrogens with zero attached hydrogens (tertiary/aromatic N) is 2. The Hall–Kier alpha value is -2.04. The zero-order valence-electron chi connectivity index (χ0n) is 15.7. The molecule has 5 nitrogen and oxygen atoms in total. The van der Waals surface area contributed by atoms with Crippen LogP contribution in [0.15, 0.2) is 12.3 Å². The van der Waals surface area contributed by atoms with E-state index in [0.29, 0.717) is 42.6 Å². The van der Waals surface area contributed by atoms with Gasteiger partial charge < -0.3 is 5.32 Å². The van der Waals surface area contributed by atoms with Crippen LogP contribution in [0.3, 0.4) is 0 Å². The number of aryl methyl sites for hydroxylation is 1. The Labute approximate surface area is 155 Å². The van der Waals surface area contributed by atoms with Gasteiger partial charge in [-0.25, -0.2) is 9.97 Å². The lowest BCUT2D eigenvalue weighted by molar-refractivity contribution is -0.117. The Balaban J connectivity index is 1.59. The number of carbonyl (C=O) groups is 2. The Morgan fingerprint density at radius 2 is 1.96 bits per heavy atom. The standard InChI is InChI=1S/C21H29N3O2/c1-15-7-5-3-2-4-6-8-16(15)13-18(25)10-9-17-14-22-21-19(23-17)11-12-20(26)24-21/h9-10,14-16H,2-8,11-13H2,1H3,(H,22,24,26). The predicted octanol–water partition coefficient (Wildman–Crippen LogP) is 4.33. The lowest BCUT2D eigenvalue weighted by Crippen LogP contribution is -2.21. The topological polar surface area (TPSA) is 72.0 Å². The fourth-order valence-electron chi connectivity index (χ4n) is 3.96. The van der Waals surface area contributed by atoms with Gasteiger partial charge in [0.25, 0.3) is 0 Å². The van der Waals surface area contributed by atoms with E-state index in [-0.39, 0.29) is 11.7 Å². The maximum absolute atomic E-state index is 12.5. The van der Waals surface area contributed by atoms with Crippen LogP contribution < -0.4 is 5.32 Å². The molecule has 5 heteroatoms. The van der Waals surface area contributed by atoms with Crippen LogP contribution in [0.25, 0.3) is 6.08 Å². The van der Waals surface area contributed by atoms with E-state index in [2.05, 4.69) is 22.2 Å². The number of aromatic nitrogens is 2. The van der Waals surface area contributed by atoms with Crippen LogP contribution in [0.1, 0.15) is 76.1 Å². The summed E-state index contributed by atoms with van der Waals surface area (Å²) in [5.41, 5.74) is 1.47. The molecule has 1 N–H and O–H groups in total. The molecule has 0 bridgehead atoms. The third-order valence-electron chi connectivity index (χ3n) is 5.65. The number of allylic oxidation sites excluding steroid dienone is 1. The third-order valence-corrected chi connectivity index (χ3v) is 5.65. The predicted molar refractivity (Wildman–Crippen MR) is 103 cm³/mol. The van der Waals surface area contributed by atoms with E-state index in [9.17, 15) is 9.59 Å². The number of amides is 1. The van der Waals surface area contributed by atoms with Crippen molar-refractivity contribution in [1.29, 1.82) is 0 Å². The summed E-state index contributed by atoms with van der Waals surface area (Å²) in [5, 5.41) is 2.72. The number of hydrogen-bond acceptors (Lipinski definition) is 4. The lowest BCUT2D eigenvalue weighted by atomic mass is 9.83. The summed E-state index contributed by atoms with van der Waals surface area (Å²) in [6.45, 7) is 2.30. The minimum atomic E-state index is -0.0191.